The molecule has 0 aliphatic heterocycles. The zero-order chi connectivity index (χ0) is 15.3. The predicted octanol–water partition coefficient (Wildman–Crippen LogP) is 6.26. The van der Waals surface area contributed by atoms with Crippen LogP contribution in [0.5, 0.6) is 0 Å². The van der Waals surface area contributed by atoms with Gasteiger partial charge in [0.15, 0.2) is 0 Å². The highest BCUT2D eigenvalue weighted by molar-refractivity contribution is 5.35. The highest BCUT2D eigenvalue weighted by Crippen LogP contribution is 2.16. The summed E-state index contributed by atoms with van der Waals surface area (Å²) in [6.45, 7) is 8.93. The maximum absolute atomic E-state index is 5.91. The van der Waals surface area contributed by atoms with Gasteiger partial charge in [0.2, 0.25) is 0 Å². The Morgan fingerprint density at radius 3 is 2.57 bits per heavy atom. The number of ether oxygens (including phenoxy) is 1. The van der Waals surface area contributed by atoms with Crippen LogP contribution >= 0.6 is 0 Å². The van der Waals surface area contributed by atoms with Crippen LogP contribution < -0.4 is 0 Å². The van der Waals surface area contributed by atoms with Gasteiger partial charge < -0.3 is 4.74 Å². The molecule has 0 amide bonds. The summed E-state index contributed by atoms with van der Waals surface area (Å²) in [5.74, 6) is 0.983. The molecule has 1 rings (SSSR count). The van der Waals surface area contributed by atoms with Crippen LogP contribution in [0.4, 0.5) is 0 Å². The van der Waals surface area contributed by atoms with E-state index in [0.717, 1.165) is 36.4 Å². The lowest BCUT2D eigenvalue weighted by Gasteiger charge is -2.11. The van der Waals surface area contributed by atoms with E-state index < -0.39 is 0 Å². The molecule has 21 heavy (non-hydrogen) atoms. The van der Waals surface area contributed by atoms with Crippen LogP contribution in [0, 0.1) is 0 Å². The van der Waals surface area contributed by atoms with E-state index in [1.165, 1.54) is 38.5 Å². The molecule has 1 aliphatic rings. The summed E-state index contributed by atoms with van der Waals surface area (Å²) >= 11 is 0. The molecule has 0 saturated heterocycles. The van der Waals surface area contributed by atoms with Crippen LogP contribution in [0.25, 0.3) is 0 Å². The van der Waals surface area contributed by atoms with Crippen molar-refractivity contribution in [3.8, 4) is 0 Å². The molecule has 0 aromatic heterocycles. The van der Waals surface area contributed by atoms with E-state index in [2.05, 4.69) is 38.3 Å². The number of unbranched alkanes of at least 4 members (excludes halogenated alkanes) is 6. The highest BCUT2D eigenvalue weighted by Gasteiger charge is 2.02. The van der Waals surface area contributed by atoms with Crippen molar-refractivity contribution >= 4 is 0 Å². The van der Waals surface area contributed by atoms with Crippen LogP contribution in [0.2, 0.25) is 0 Å². The fourth-order valence-electron chi connectivity index (χ4n) is 2.33. The Bertz CT molecular complexity index is 431. The van der Waals surface area contributed by atoms with Gasteiger partial charge in [-0.3, -0.25) is 0 Å². The summed E-state index contributed by atoms with van der Waals surface area (Å²) < 4.78 is 5.91. The van der Waals surface area contributed by atoms with Gasteiger partial charge in [-0.2, -0.15) is 0 Å². The lowest BCUT2D eigenvalue weighted by atomic mass is 10.1. The van der Waals surface area contributed by atoms with Gasteiger partial charge in [0.1, 0.15) is 5.76 Å². The summed E-state index contributed by atoms with van der Waals surface area (Å²) in [7, 11) is 0. The van der Waals surface area contributed by atoms with E-state index in [1.54, 1.807) is 0 Å². The smallest absolute Gasteiger partial charge is 0.126 e. The molecule has 0 heterocycles. The van der Waals surface area contributed by atoms with E-state index in [-0.39, 0.29) is 0 Å². The zero-order valence-corrected chi connectivity index (χ0v) is 13.8. The molecule has 0 N–H and O–H groups in total. The van der Waals surface area contributed by atoms with E-state index >= 15 is 0 Å². The molecule has 1 heteroatoms. The first-order valence-corrected chi connectivity index (χ1v) is 8.37. The minimum atomic E-state index is 0.816. The van der Waals surface area contributed by atoms with Crippen LogP contribution in [0.3, 0.4) is 0 Å². The van der Waals surface area contributed by atoms with Gasteiger partial charge in [0, 0.05) is 5.57 Å². The molecule has 0 saturated carbocycles. The molecule has 1 aliphatic carbocycles. The lowest BCUT2D eigenvalue weighted by molar-refractivity contribution is 0.211. The maximum Gasteiger partial charge on any atom is 0.126 e. The SMILES string of the molecule is C=C/C1=C/C/C=C(/OCCCCCCCCC)C(C)=C=C1. The average molecular weight is 286 g/mol. The summed E-state index contributed by atoms with van der Waals surface area (Å²) in [6, 6.07) is 0. The van der Waals surface area contributed by atoms with Crippen LogP contribution in [0.1, 0.15) is 65.2 Å². The summed E-state index contributed by atoms with van der Waals surface area (Å²) in [5, 5.41) is 0. The van der Waals surface area contributed by atoms with Gasteiger partial charge in [-0.25, -0.2) is 0 Å². The first-order valence-electron chi connectivity index (χ1n) is 8.37. The van der Waals surface area contributed by atoms with Crippen molar-refractivity contribution in [3.05, 3.63) is 53.5 Å². The van der Waals surface area contributed by atoms with Crippen molar-refractivity contribution in [3.63, 3.8) is 0 Å². The topological polar surface area (TPSA) is 9.23 Å². The Morgan fingerprint density at radius 2 is 1.86 bits per heavy atom. The second-order valence-corrected chi connectivity index (χ2v) is 5.60. The molecular formula is C20H30O. The van der Waals surface area contributed by atoms with E-state index in [4.69, 9.17) is 4.74 Å². The minimum absolute atomic E-state index is 0.816. The number of hydrogen-bond donors (Lipinski definition) is 0. The number of allylic oxidation sites excluding steroid dienone is 5. The third kappa shape index (κ3) is 7.78. The Kier molecular flexibility index (Phi) is 9.40. The van der Waals surface area contributed by atoms with Crippen molar-refractivity contribution in [1.29, 1.82) is 0 Å². The van der Waals surface area contributed by atoms with Gasteiger partial charge in [-0.15, -0.1) is 5.73 Å². The van der Waals surface area contributed by atoms with Crippen molar-refractivity contribution in [2.75, 3.05) is 6.61 Å². The molecule has 0 unspecified atom stereocenters. The van der Waals surface area contributed by atoms with Gasteiger partial charge >= 0.3 is 0 Å². The second kappa shape index (κ2) is 11.2. The zero-order valence-electron chi connectivity index (χ0n) is 13.8. The Hall–Kier alpha value is -1.46. The molecule has 0 fully saturated rings. The number of hydrogen-bond acceptors (Lipinski definition) is 1. The Labute approximate surface area is 130 Å². The van der Waals surface area contributed by atoms with Crippen LogP contribution in [0.15, 0.2) is 53.5 Å². The van der Waals surface area contributed by atoms with Crippen molar-refractivity contribution in [2.45, 2.75) is 65.2 Å². The van der Waals surface area contributed by atoms with Gasteiger partial charge in [-0.05, 0) is 37.5 Å². The molecule has 0 aromatic rings. The fraction of sp³-hybridized carbons (Fsp3) is 0.550. The number of rotatable bonds is 10. The first-order chi connectivity index (χ1) is 10.3. The largest absolute Gasteiger partial charge is 0.493 e. The third-order valence-corrected chi connectivity index (χ3v) is 3.72. The molecule has 116 valence electrons. The summed E-state index contributed by atoms with van der Waals surface area (Å²) in [5.41, 5.74) is 5.47. The Morgan fingerprint density at radius 1 is 1.14 bits per heavy atom. The normalized spacial score (nSPS) is 19.6. The average Bonchev–Trinajstić information content (AvgIpc) is 2.48. The van der Waals surface area contributed by atoms with Crippen molar-refractivity contribution in [2.24, 2.45) is 0 Å². The molecule has 0 aromatic carbocycles. The van der Waals surface area contributed by atoms with E-state index in [1.807, 2.05) is 12.2 Å². The van der Waals surface area contributed by atoms with Gasteiger partial charge in [0.05, 0.1) is 6.61 Å². The molecule has 0 radical (unpaired) electrons. The van der Waals surface area contributed by atoms with Gasteiger partial charge in [0.25, 0.3) is 0 Å². The lowest BCUT2D eigenvalue weighted by Crippen LogP contribution is -1.97. The summed E-state index contributed by atoms with van der Waals surface area (Å²) in [4.78, 5) is 0. The van der Waals surface area contributed by atoms with E-state index in [9.17, 15) is 0 Å². The quantitative estimate of drug-likeness (QED) is 0.340. The highest BCUT2D eigenvalue weighted by atomic mass is 16.5. The molecule has 0 atom stereocenters. The molecule has 0 bridgehead atoms. The standard InChI is InChI=1S/C20H30O/c1-4-6-7-8-9-10-11-17-21-20-14-12-13-19(5-2)16-15-18(20)3/h5,13-14,16H,2,4,6-12,17H2,1,3H3/b19-13-,20-14+. The van der Waals surface area contributed by atoms with Gasteiger partial charge in [-0.1, -0.05) is 64.2 Å². The predicted molar refractivity (Wildman–Crippen MR) is 92.2 cm³/mol. The molecule has 1 nitrogen and oxygen atoms in total. The Balaban J connectivity index is 2.25. The van der Waals surface area contributed by atoms with Crippen molar-refractivity contribution in [1.82, 2.24) is 0 Å². The second-order valence-electron chi connectivity index (χ2n) is 5.60. The summed E-state index contributed by atoms with van der Waals surface area (Å²) in [6.07, 6.45) is 18.2. The van der Waals surface area contributed by atoms with Crippen LogP contribution in [-0.4, -0.2) is 6.61 Å². The van der Waals surface area contributed by atoms with E-state index in [0.29, 0.717) is 0 Å². The maximum atomic E-state index is 5.91. The first kappa shape index (κ1) is 17.6. The molecular weight excluding hydrogens is 256 g/mol. The third-order valence-electron chi connectivity index (χ3n) is 3.72. The monoisotopic (exact) mass is 286 g/mol. The molecule has 0 spiro atoms. The minimum Gasteiger partial charge on any atom is -0.493 e. The van der Waals surface area contributed by atoms with Crippen molar-refractivity contribution < 1.29 is 4.74 Å². The van der Waals surface area contributed by atoms with Crippen LogP contribution in [-0.2, 0) is 4.74 Å². The fourth-order valence-corrected chi connectivity index (χ4v) is 2.33.